The molecule has 0 spiro atoms. The van der Waals surface area contributed by atoms with E-state index in [4.69, 9.17) is 14.2 Å². The molecule has 0 radical (unpaired) electrons. The van der Waals surface area contributed by atoms with Crippen LogP contribution in [0.15, 0.2) is 57.6 Å². The Hall–Kier alpha value is -2.93. The largest absolute Gasteiger partial charge is 0.493 e. The zero-order valence-corrected chi connectivity index (χ0v) is 17.1. The van der Waals surface area contributed by atoms with Gasteiger partial charge in [0, 0.05) is 4.47 Å². The highest BCUT2D eigenvalue weighted by atomic mass is 79.9. The number of ether oxygens (including phenoxy) is 3. The fraction of sp³-hybridized carbons (Fsp3) is 0.190. The van der Waals surface area contributed by atoms with Gasteiger partial charge in [-0.25, -0.2) is 9.79 Å². The van der Waals surface area contributed by atoms with E-state index >= 15 is 0 Å². The lowest BCUT2D eigenvalue weighted by molar-refractivity contribution is -0.137. The Kier molecular flexibility index (Phi) is 5.94. The second-order valence-electron chi connectivity index (χ2n) is 6.30. The van der Waals surface area contributed by atoms with Crippen molar-refractivity contribution in [1.82, 2.24) is 0 Å². The van der Waals surface area contributed by atoms with Crippen LogP contribution in [0.5, 0.6) is 11.5 Å². The van der Waals surface area contributed by atoms with Gasteiger partial charge in [-0.1, -0.05) is 32.0 Å². The molecule has 0 atom stereocenters. The zero-order chi connectivity index (χ0) is 20.3. The Bertz CT molecular complexity index is 994. The van der Waals surface area contributed by atoms with Crippen molar-refractivity contribution in [3.8, 4) is 11.5 Å². The van der Waals surface area contributed by atoms with Crippen molar-refractivity contribution in [2.75, 3.05) is 7.11 Å². The predicted molar refractivity (Wildman–Crippen MR) is 108 cm³/mol. The average molecular weight is 444 g/mol. The first-order valence-electron chi connectivity index (χ1n) is 8.56. The molecule has 0 fully saturated rings. The number of hydrogen-bond donors (Lipinski definition) is 0. The standard InChI is InChI=1S/C21H18BrNO5/c1-12(2)20(24)27-18-11-13(8-9-17(18)26-3)10-16-21(25)28-19(23-16)14-6-4-5-7-15(14)22/h4-12H,1-3H3/b16-10-. The number of methoxy groups -OCH3 is 1. The first-order valence-corrected chi connectivity index (χ1v) is 9.35. The van der Waals surface area contributed by atoms with Crippen molar-refractivity contribution in [2.45, 2.75) is 13.8 Å². The molecule has 1 heterocycles. The van der Waals surface area contributed by atoms with Gasteiger partial charge in [0.25, 0.3) is 0 Å². The Morgan fingerprint density at radius 1 is 1.18 bits per heavy atom. The number of aliphatic imine (C=N–C) groups is 1. The first kappa shape index (κ1) is 19.8. The summed E-state index contributed by atoms with van der Waals surface area (Å²) in [6.07, 6.45) is 1.57. The number of carbonyl (C=O) groups excluding carboxylic acids is 2. The smallest absolute Gasteiger partial charge is 0.363 e. The second-order valence-corrected chi connectivity index (χ2v) is 7.16. The van der Waals surface area contributed by atoms with Gasteiger partial charge in [0.2, 0.25) is 5.90 Å². The molecule has 0 saturated heterocycles. The normalized spacial score (nSPS) is 14.8. The van der Waals surface area contributed by atoms with Gasteiger partial charge in [-0.2, -0.15) is 0 Å². The maximum absolute atomic E-state index is 12.2. The van der Waals surface area contributed by atoms with Crippen LogP contribution in [0.25, 0.3) is 6.08 Å². The fourth-order valence-corrected chi connectivity index (χ4v) is 2.86. The molecule has 2 aromatic rings. The lowest BCUT2D eigenvalue weighted by atomic mass is 10.1. The Morgan fingerprint density at radius 2 is 1.93 bits per heavy atom. The molecule has 28 heavy (non-hydrogen) atoms. The SMILES string of the molecule is COc1ccc(/C=C2\N=C(c3ccccc3Br)OC2=O)cc1OC(=O)C(C)C. The maximum Gasteiger partial charge on any atom is 0.363 e. The summed E-state index contributed by atoms with van der Waals surface area (Å²) in [5, 5.41) is 0. The third kappa shape index (κ3) is 4.31. The van der Waals surface area contributed by atoms with Gasteiger partial charge in [-0.05, 0) is 51.8 Å². The van der Waals surface area contributed by atoms with Crippen LogP contribution in [0.1, 0.15) is 25.0 Å². The van der Waals surface area contributed by atoms with Crippen molar-refractivity contribution in [3.05, 3.63) is 63.8 Å². The molecule has 3 rings (SSSR count). The van der Waals surface area contributed by atoms with Crippen LogP contribution in [0.3, 0.4) is 0 Å². The van der Waals surface area contributed by atoms with Gasteiger partial charge >= 0.3 is 11.9 Å². The van der Waals surface area contributed by atoms with Crippen LogP contribution in [0.2, 0.25) is 0 Å². The minimum absolute atomic E-state index is 0.150. The molecular weight excluding hydrogens is 426 g/mol. The molecule has 6 nitrogen and oxygen atoms in total. The summed E-state index contributed by atoms with van der Waals surface area (Å²) in [7, 11) is 1.49. The summed E-state index contributed by atoms with van der Waals surface area (Å²) in [5.74, 6) is -0.295. The van der Waals surface area contributed by atoms with E-state index in [2.05, 4.69) is 20.9 Å². The number of nitrogens with zero attached hydrogens (tertiary/aromatic N) is 1. The summed E-state index contributed by atoms with van der Waals surface area (Å²) in [6, 6.07) is 12.3. The fourth-order valence-electron chi connectivity index (χ4n) is 2.41. The topological polar surface area (TPSA) is 74.2 Å². The average Bonchev–Trinajstić information content (AvgIpc) is 3.02. The number of hydrogen-bond acceptors (Lipinski definition) is 6. The molecule has 7 heteroatoms. The van der Waals surface area contributed by atoms with Gasteiger partial charge in [0.1, 0.15) is 0 Å². The summed E-state index contributed by atoms with van der Waals surface area (Å²) < 4.78 is 16.7. The molecule has 0 aromatic heterocycles. The summed E-state index contributed by atoms with van der Waals surface area (Å²) in [6.45, 7) is 3.49. The number of rotatable bonds is 5. The van der Waals surface area contributed by atoms with Crippen molar-refractivity contribution in [3.63, 3.8) is 0 Å². The van der Waals surface area contributed by atoms with E-state index in [0.29, 0.717) is 16.9 Å². The third-order valence-electron chi connectivity index (χ3n) is 3.90. The lowest BCUT2D eigenvalue weighted by Crippen LogP contribution is -2.15. The minimum atomic E-state index is -0.553. The number of halogens is 1. The highest BCUT2D eigenvalue weighted by molar-refractivity contribution is 9.10. The van der Waals surface area contributed by atoms with Crippen molar-refractivity contribution < 1.29 is 23.8 Å². The van der Waals surface area contributed by atoms with Crippen LogP contribution in [-0.4, -0.2) is 24.9 Å². The molecule has 0 aliphatic carbocycles. The molecule has 0 unspecified atom stereocenters. The second kappa shape index (κ2) is 8.39. The molecule has 2 aromatic carbocycles. The van der Waals surface area contributed by atoms with Gasteiger partial charge in [-0.3, -0.25) is 4.79 Å². The summed E-state index contributed by atoms with van der Waals surface area (Å²) in [4.78, 5) is 28.4. The van der Waals surface area contributed by atoms with Crippen LogP contribution < -0.4 is 9.47 Å². The molecule has 0 saturated carbocycles. The lowest BCUT2D eigenvalue weighted by Gasteiger charge is -2.11. The Morgan fingerprint density at radius 3 is 2.61 bits per heavy atom. The molecule has 144 valence electrons. The summed E-state index contributed by atoms with van der Waals surface area (Å²) in [5.41, 5.74) is 1.45. The van der Waals surface area contributed by atoms with Gasteiger partial charge in [-0.15, -0.1) is 0 Å². The van der Waals surface area contributed by atoms with Crippen molar-refractivity contribution in [2.24, 2.45) is 10.9 Å². The summed E-state index contributed by atoms with van der Waals surface area (Å²) >= 11 is 3.42. The van der Waals surface area contributed by atoms with E-state index in [1.165, 1.54) is 7.11 Å². The molecule has 1 aliphatic heterocycles. The van der Waals surface area contributed by atoms with Crippen molar-refractivity contribution in [1.29, 1.82) is 0 Å². The number of esters is 2. The molecule has 0 N–H and O–H groups in total. The third-order valence-corrected chi connectivity index (χ3v) is 4.59. The van der Waals surface area contributed by atoms with Gasteiger partial charge in [0.05, 0.1) is 18.6 Å². The highest BCUT2D eigenvalue weighted by Gasteiger charge is 2.25. The van der Waals surface area contributed by atoms with Gasteiger partial charge < -0.3 is 14.2 Å². The van der Waals surface area contributed by atoms with E-state index in [1.807, 2.05) is 18.2 Å². The maximum atomic E-state index is 12.2. The van der Waals surface area contributed by atoms with E-state index in [0.717, 1.165) is 4.47 Å². The van der Waals surface area contributed by atoms with Crippen LogP contribution in [-0.2, 0) is 14.3 Å². The Balaban J connectivity index is 1.93. The number of carbonyl (C=O) groups is 2. The van der Waals surface area contributed by atoms with E-state index in [1.54, 1.807) is 44.2 Å². The monoisotopic (exact) mass is 443 g/mol. The quantitative estimate of drug-likeness (QED) is 0.389. The molecule has 0 bridgehead atoms. The molecule has 0 amide bonds. The van der Waals surface area contributed by atoms with Crippen LogP contribution in [0.4, 0.5) is 0 Å². The minimum Gasteiger partial charge on any atom is -0.493 e. The number of cyclic esters (lactones) is 1. The van der Waals surface area contributed by atoms with E-state index in [9.17, 15) is 9.59 Å². The van der Waals surface area contributed by atoms with Crippen molar-refractivity contribution >= 4 is 39.8 Å². The first-order chi connectivity index (χ1) is 13.4. The predicted octanol–water partition coefficient (Wildman–Crippen LogP) is 4.36. The van der Waals surface area contributed by atoms with E-state index < -0.39 is 5.97 Å². The van der Waals surface area contributed by atoms with Crippen LogP contribution in [0, 0.1) is 5.92 Å². The highest BCUT2D eigenvalue weighted by Crippen LogP contribution is 2.31. The van der Waals surface area contributed by atoms with Crippen LogP contribution >= 0.6 is 15.9 Å². The van der Waals surface area contributed by atoms with Gasteiger partial charge in [0.15, 0.2) is 17.2 Å². The molecular formula is C21H18BrNO5. The zero-order valence-electron chi connectivity index (χ0n) is 15.6. The van der Waals surface area contributed by atoms with E-state index in [-0.39, 0.29) is 29.2 Å². The number of benzene rings is 2. The molecule has 1 aliphatic rings. The Labute approximate surface area is 171 Å².